The standard InChI is InChI=1S/C17H22FN3O2.ClH/c1-20(16(22)11-6-7-12(19)10-11)15-8-9-21(17(15)23)14-5-3-2-4-13(14)18;/h2-5,11-12,15H,6-10,19H2,1H3;1H. The molecule has 7 heteroatoms. The molecule has 1 aliphatic carbocycles. The lowest BCUT2D eigenvalue weighted by molar-refractivity contribution is -0.140. The average molecular weight is 356 g/mol. The number of nitrogens with zero attached hydrogens (tertiary/aromatic N) is 2. The number of hydrogen-bond donors (Lipinski definition) is 1. The van der Waals surface area contributed by atoms with Crippen molar-refractivity contribution < 1.29 is 14.0 Å². The molecule has 1 aromatic carbocycles. The van der Waals surface area contributed by atoms with Crippen LogP contribution < -0.4 is 10.6 Å². The van der Waals surface area contributed by atoms with Gasteiger partial charge in [-0.15, -0.1) is 12.4 Å². The molecule has 1 aliphatic heterocycles. The van der Waals surface area contributed by atoms with Gasteiger partial charge >= 0.3 is 0 Å². The predicted molar refractivity (Wildman–Crippen MR) is 92.5 cm³/mol. The van der Waals surface area contributed by atoms with Gasteiger partial charge in [0.05, 0.1) is 5.69 Å². The van der Waals surface area contributed by atoms with E-state index in [0.717, 1.165) is 12.8 Å². The molecule has 2 N–H and O–H groups in total. The quantitative estimate of drug-likeness (QED) is 0.901. The molecule has 132 valence electrons. The highest BCUT2D eigenvalue weighted by atomic mass is 35.5. The maximum atomic E-state index is 13.9. The highest BCUT2D eigenvalue weighted by Gasteiger charge is 2.40. The summed E-state index contributed by atoms with van der Waals surface area (Å²) in [4.78, 5) is 28.2. The Kier molecular flexibility index (Phi) is 5.83. The molecule has 1 heterocycles. The van der Waals surface area contributed by atoms with Gasteiger partial charge in [0, 0.05) is 25.6 Å². The van der Waals surface area contributed by atoms with E-state index in [1.165, 1.54) is 15.9 Å². The largest absolute Gasteiger partial charge is 0.333 e. The SMILES string of the molecule is CN(C(=O)C1CCC(N)C1)C1CCN(c2ccccc2F)C1=O.Cl. The first-order valence-electron chi connectivity index (χ1n) is 8.07. The molecule has 0 radical (unpaired) electrons. The van der Waals surface area contributed by atoms with E-state index >= 15 is 0 Å². The van der Waals surface area contributed by atoms with E-state index in [0.29, 0.717) is 19.4 Å². The van der Waals surface area contributed by atoms with Crippen molar-refractivity contribution in [2.45, 2.75) is 37.8 Å². The van der Waals surface area contributed by atoms with E-state index < -0.39 is 11.9 Å². The minimum absolute atomic E-state index is 0. The van der Waals surface area contributed by atoms with Crippen LogP contribution in [0.3, 0.4) is 0 Å². The lowest BCUT2D eigenvalue weighted by atomic mass is 10.0. The zero-order valence-electron chi connectivity index (χ0n) is 13.7. The first-order chi connectivity index (χ1) is 11.0. The van der Waals surface area contributed by atoms with Gasteiger partial charge < -0.3 is 15.5 Å². The lowest BCUT2D eigenvalue weighted by Gasteiger charge is -2.26. The van der Waals surface area contributed by atoms with E-state index in [1.807, 2.05) is 0 Å². The molecule has 0 aromatic heterocycles. The minimum Gasteiger partial charge on any atom is -0.333 e. The first-order valence-corrected chi connectivity index (χ1v) is 8.07. The maximum Gasteiger partial charge on any atom is 0.249 e. The van der Waals surface area contributed by atoms with E-state index in [4.69, 9.17) is 5.73 Å². The topological polar surface area (TPSA) is 66.6 Å². The summed E-state index contributed by atoms with van der Waals surface area (Å²) in [5.41, 5.74) is 6.15. The van der Waals surface area contributed by atoms with Crippen molar-refractivity contribution in [3.63, 3.8) is 0 Å². The Morgan fingerprint density at radius 3 is 2.62 bits per heavy atom. The second kappa shape index (κ2) is 7.49. The Morgan fingerprint density at radius 2 is 2.00 bits per heavy atom. The van der Waals surface area contributed by atoms with Crippen molar-refractivity contribution in [3.8, 4) is 0 Å². The lowest BCUT2D eigenvalue weighted by Crippen LogP contribution is -2.45. The normalized spacial score (nSPS) is 26.4. The van der Waals surface area contributed by atoms with Crippen LogP contribution in [0.5, 0.6) is 0 Å². The highest BCUT2D eigenvalue weighted by Crippen LogP contribution is 2.30. The van der Waals surface area contributed by atoms with E-state index in [9.17, 15) is 14.0 Å². The van der Waals surface area contributed by atoms with Crippen LogP contribution in [0.2, 0.25) is 0 Å². The van der Waals surface area contributed by atoms with Gasteiger partial charge in [0.15, 0.2) is 0 Å². The van der Waals surface area contributed by atoms with E-state index in [-0.39, 0.29) is 41.9 Å². The summed E-state index contributed by atoms with van der Waals surface area (Å²) in [5.74, 6) is -0.748. The number of benzene rings is 1. The van der Waals surface area contributed by atoms with Crippen LogP contribution >= 0.6 is 12.4 Å². The number of rotatable bonds is 3. The van der Waals surface area contributed by atoms with Crippen molar-refractivity contribution in [2.24, 2.45) is 11.7 Å². The predicted octanol–water partition coefficient (Wildman–Crippen LogP) is 1.94. The summed E-state index contributed by atoms with van der Waals surface area (Å²) < 4.78 is 13.9. The number of carbonyl (C=O) groups is 2. The molecule has 1 saturated carbocycles. The minimum atomic E-state index is -0.515. The average Bonchev–Trinajstić information content (AvgIpc) is 3.13. The fraction of sp³-hybridized carbons (Fsp3) is 0.529. The van der Waals surface area contributed by atoms with Gasteiger partial charge in [0.25, 0.3) is 0 Å². The zero-order valence-corrected chi connectivity index (χ0v) is 14.5. The molecule has 2 amide bonds. The van der Waals surface area contributed by atoms with Gasteiger partial charge in [-0.05, 0) is 37.8 Å². The van der Waals surface area contributed by atoms with Crippen LogP contribution in [0, 0.1) is 11.7 Å². The Hall–Kier alpha value is -1.66. The van der Waals surface area contributed by atoms with Crippen LogP contribution in [-0.4, -0.2) is 42.4 Å². The van der Waals surface area contributed by atoms with Crippen LogP contribution in [0.15, 0.2) is 24.3 Å². The fourth-order valence-electron chi connectivity index (χ4n) is 3.62. The third-order valence-corrected chi connectivity index (χ3v) is 4.96. The molecule has 3 rings (SSSR count). The molecule has 3 unspecified atom stereocenters. The summed E-state index contributed by atoms with van der Waals surface area (Å²) in [5, 5.41) is 0. The van der Waals surface area contributed by atoms with Gasteiger partial charge in [0.2, 0.25) is 11.8 Å². The van der Waals surface area contributed by atoms with Crippen LogP contribution in [0.4, 0.5) is 10.1 Å². The molecule has 5 nitrogen and oxygen atoms in total. The van der Waals surface area contributed by atoms with Gasteiger partial charge in [0.1, 0.15) is 11.9 Å². The Balaban J connectivity index is 0.00000208. The summed E-state index contributed by atoms with van der Waals surface area (Å²) in [6.45, 7) is 0.423. The molecular formula is C17H23ClFN3O2. The summed E-state index contributed by atoms with van der Waals surface area (Å²) in [6, 6.07) is 5.78. The zero-order chi connectivity index (χ0) is 16.6. The Bertz CT molecular complexity index is 628. The van der Waals surface area contributed by atoms with Crippen molar-refractivity contribution >= 4 is 29.9 Å². The Labute approximate surface area is 147 Å². The van der Waals surface area contributed by atoms with Gasteiger partial charge in [-0.25, -0.2) is 4.39 Å². The van der Waals surface area contributed by atoms with Gasteiger partial charge in [-0.2, -0.15) is 0 Å². The molecule has 3 atom stereocenters. The first kappa shape index (κ1) is 18.7. The van der Waals surface area contributed by atoms with Crippen molar-refractivity contribution in [1.29, 1.82) is 0 Å². The smallest absolute Gasteiger partial charge is 0.249 e. The third kappa shape index (κ3) is 3.39. The monoisotopic (exact) mass is 355 g/mol. The van der Waals surface area contributed by atoms with Crippen LogP contribution in [0.25, 0.3) is 0 Å². The second-order valence-electron chi connectivity index (χ2n) is 6.46. The van der Waals surface area contributed by atoms with E-state index in [1.54, 1.807) is 25.2 Å². The van der Waals surface area contributed by atoms with Crippen molar-refractivity contribution in [1.82, 2.24) is 4.90 Å². The van der Waals surface area contributed by atoms with Crippen LogP contribution in [0.1, 0.15) is 25.7 Å². The van der Waals surface area contributed by atoms with Crippen molar-refractivity contribution in [2.75, 3.05) is 18.5 Å². The molecule has 2 fully saturated rings. The summed E-state index contributed by atoms with van der Waals surface area (Å²) >= 11 is 0. The highest BCUT2D eigenvalue weighted by molar-refractivity contribution is 6.01. The number of anilines is 1. The molecular weight excluding hydrogens is 333 g/mol. The Morgan fingerprint density at radius 1 is 1.29 bits per heavy atom. The number of halogens is 2. The second-order valence-corrected chi connectivity index (χ2v) is 6.46. The van der Waals surface area contributed by atoms with Crippen molar-refractivity contribution in [3.05, 3.63) is 30.1 Å². The number of nitrogens with two attached hydrogens (primary N) is 1. The van der Waals surface area contributed by atoms with Gasteiger partial charge in [-0.3, -0.25) is 9.59 Å². The number of amides is 2. The maximum absolute atomic E-state index is 13.9. The molecule has 24 heavy (non-hydrogen) atoms. The van der Waals surface area contributed by atoms with Crippen LogP contribution in [-0.2, 0) is 9.59 Å². The number of para-hydroxylation sites is 1. The molecule has 2 aliphatic rings. The van der Waals surface area contributed by atoms with E-state index in [2.05, 4.69) is 0 Å². The molecule has 0 bridgehead atoms. The van der Waals surface area contributed by atoms with Gasteiger partial charge in [-0.1, -0.05) is 12.1 Å². The fourth-order valence-corrected chi connectivity index (χ4v) is 3.62. The summed E-state index contributed by atoms with van der Waals surface area (Å²) in [7, 11) is 1.67. The number of hydrogen-bond acceptors (Lipinski definition) is 3. The molecule has 0 spiro atoms. The molecule has 1 saturated heterocycles. The summed E-state index contributed by atoms with van der Waals surface area (Å²) in [6.07, 6.45) is 2.84. The number of likely N-dealkylation sites (N-methyl/N-ethyl adjacent to an activating group) is 1. The third-order valence-electron chi connectivity index (χ3n) is 4.96. The number of carbonyl (C=O) groups excluding carboxylic acids is 2. The molecule has 1 aromatic rings.